The normalized spacial score (nSPS) is 19.7. The molecular weight excluding hydrogens is 356 g/mol. The van der Waals surface area contributed by atoms with Gasteiger partial charge in [0, 0.05) is 25.5 Å². The Morgan fingerprint density at radius 3 is 2.48 bits per heavy atom. The Bertz CT molecular complexity index is 817. The van der Waals surface area contributed by atoms with E-state index in [1.54, 1.807) is 7.05 Å². The molecule has 1 fully saturated rings. The molecule has 29 heavy (non-hydrogen) atoms. The van der Waals surface area contributed by atoms with Crippen molar-refractivity contribution in [1.82, 2.24) is 0 Å². The predicted octanol–water partition coefficient (Wildman–Crippen LogP) is 6.22. The molecule has 0 amide bonds. The summed E-state index contributed by atoms with van der Waals surface area (Å²) >= 11 is 0. The molecule has 2 N–H and O–H groups in total. The number of ketones is 1. The van der Waals surface area contributed by atoms with Crippen LogP contribution in [0.25, 0.3) is 0 Å². The Hall–Kier alpha value is -2.42. The summed E-state index contributed by atoms with van der Waals surface area (Å²) in [4.78, 5) is 17.3. The highest BCUT2D eigenvalue weighted by Crippen LogP contribution is 2.32. The summed E-state index contributed by atoms with van der Waals surface area (Å²) in [5, 5.41) is 0. The first kappa shape index (κ1) is 22.9. The van der Waals surface area contributed by atoms with Crippen molar-refractivity contribution < 1.29 is 6.22 Å². The third-order valence-electron chi connectivity index (χ3n) is 5.81. The molecule has 1 aliphatic rings. The molecule has 3 heteroatoms. The molecule has 2 unspecified atom stereocenters. The van der Waals surface area contributed by atoms with Crippen molar-refractivity contribution in [3.63, 3.8) is 0 Å². The fraction of sp³-hybridized carbons (Fsp3) is 0.462. The number of aryl methyl sites for hydroxylation is 1. The van der Waals surface area contributed by atoms with Crippen molar-refractivity contribution >= 4 is 11.6 Å². The van der Waals surface area contributed by atoms with E-state index in [2.05, 4.69) is 35.3 Å². The first-order valence-corrected chi connectivity index (χ1v) is 11.0. The van der Waals surface area contributed by atoms with Crippen molar-refractivity contribution in [2.24, 2.45) is 22.6 Å². The van der Waals surface area contributed by atoms with Crippen LogP contribution in [-0.4, -0.2) is 18.7 Å². The van der Waals surface area contributed by atoms with Gasteiger partial charge in [0.1, 0.15) is 5.84 Å². The molecule has 2 atom stereocenters. The zero-order valence-electron chi connectivity index (χ0n) is 18.4. The molecule has 0 saturated heterocycles. The maximum absolute atomic E-state index is 13.2. The standard InChI is InChI=1S/C24H30N2O.C2H6.H2/c1-17-12-13-21(16-22(17)24(25)26-2)23(27)20-11-7-6-10-19(15-20)14-18-8-4-3-5-9-18;1-2;/h3-5,8-9,12-13,16,19-20H,6-7,10-11,14-15H2,1-2H3,(H2,25,26);1-2H3;1H. The fourth-order valence-corrected chi connectivity index (χ4v) is 4.24. The number of carbonyl (C=O) groups is 1. The minimum absolute atomic E-state index is 0. The number of hydrogen-bond acceptors (Lipinski definition) is 2. The largest absolute Gasteiger partial charge is 0.384 e. The molecule has 3 nitrogen and oxygen atoms in total. The molecule has 1 saturated carbocycles. The Balaban J connectivity index is 0.00000146. The van der Waals surface area contributed by atoms with Gasteiger partial charge >= 0.3 is 0 Å². The summed E-state index contributed by atoms with van der Waals surface area (Å²) in [5.41, 5.74) is 10.1. The molecule has 2 aromatic carbocycles. The van der Waals surface area contributed by atoms with E-state index in [9.17, 15) is 4.79 Å². The molecule has 1 aliphatic carbocycles. The Kier molecular flexibility index (Phi) is 9.11. The summed E-state index contributed by atoms with van der Waals surface area (Å²) < 4.78 is 0. The number of nitrogens with two attached hydrogens (primary N) is 1. The summed E-state index contributed by atoms with van der Waals surface area (Å²) in [6.07, 6.45) is 6.61. The van der Waals surface area contributed by atoms with E-state index >= 15 is 0 Å². The molecule has 2 aromatic rings. The first-order chi connectivity index (χ1) is 14.1. The van der Waals surface area contributed by atoms with Crippen LogP contribution in [0.5, 0.6) is 0 Å². The van der Waals surface area contributed by atoms with Gasteiger partial charge in [-0.05, 0) is 49.3 Å². The highest BCUT2D eigenvalue weighted by molar-refractivity contribution is 6.03. The summed E-state index contributed by atoms with van der Waals surface area (Å²) in [6, 6.07) is 16.5. The van der Waals surface area contributed by atoms with Crippen LogP contribution in [0.15, 0.2) is 53.5 Å². The molecule has 0 spiro atoms. The third kappa shape index (κ3) is 6.28. The molecule has 158 valence electrons. The lowest BCUT2D eigenvalue weighted by molar-refractivity contribution is 0.0897. The summed E-state index contributed by atoms with van der Waals surface area (Å²) in [6.45, 7) is 6.00. The van der Waals surface area contributed by atoms with Crippen LogP contribution in [-0.2, 0) is 6.42 Å². The van der Waals surface area contributed by atoms with E-state index in [0.29, 0.717) is 11.8 Å². The van der Waals surface area contributed by atoms with Crippen LogP contribution in [0.2, 0.25) is 0 Å². The van der Waals surface area contributed by atoms with Gasteiger partial charge in [-0.15, -0.1) is 0 Å². The third-order valence-corrected chi connectivity index (χ3v) is 5.81. The molecular formula is C26H38N2O. The van der Waals surface area contributed by atoms with Gasteiger partial charge in [-0.3, -0.25) is 9.79 Å². The van der Waals surface area contributed by atoms with Crippen molar-refractivity contribution in [1.29, 1.82) is 0 Å². The van der Waals surface area contributed by atoms with Gasteiger partial charge in [0.2, 0.25) is 0 Å². The Morgan fingerprint density at radius 1 is 1.10 bits per heavy atom. The zero-order valence-corrected chi connectivity index (χ0v) is 18.4. The fourth-order valence-electron chi connectivity index (χ4n) is 4.24. The number of benzene rings is 2. The van der Waals surface area contributed by atoms with Gasteiger partial charge in [0.05, 0.1) is 0 Å². The maximum atomic E-state index is 13.2. The maximum Gasteiger partial charge on any atom is 0.165 e. The minimum atomic E-state index is 0. The zero-order chi connectivity index (χ0) is 21.2. The van der Waals surface area contributed by atoms with Gasteiger partial charge < -0.3 is 5.73 Å². The second kappa shape index (κ2) is 11.5. The van der Waals surface area contributed by atoms with Gasteiger partial charge in [-0.25, -0.2) is 0 Å². The highest BCUT2D eigenvalue weighted by atomic mass is 16.1. The Morgan fingerprint density at radius 2 is 1.79 bits per heavy atom. The number of hydrogen-bond donors (Lipinski definition) is 1. The second-order valence-corrected chi connectivity index (χ2v) is 7.78. The van der Waals surface area contributed by atoms with Crippen LogP contribution >= 0.6 is 0 Å². The highest BCUT2D eigenvalue weighted by Gasteiger charge is 2.27. The van der Waals surface area contributed by atoms with Crippen LogP contribution in [0.4, 0.5) is 0 Å². The van der Waals surface area contributed by atoms with Crippen molar-refractivity contribution in [2.45, 2.75) is 59.3 Å². The monoisotopic (exact) mass is 394 g/mol. The van der Waals surface area contributed by atoms with E-state index in [4.69, 9.17) is 5.73 Å². The molecule has 0 heterocycles. The van der Waals surface area contributed by atoms with E-state index in [1.807, 2.05) is 39.0 Å². The quantitative estimate of drug-likeness (QED) is 0.283. The number of amidine groups is 1. The lowest BCUT2D eigenvalue weighted by Crippen LogP contribution is -2.20. The SMILES string of the molecule is CC.CN=C(N)c1cc(C(=O)C2CCCCC(Cc3ccccc3)C2)ccc1C.[HH]. The van der Waals surface area contributed by atoms with Gasteiger partial charge in [-0.2, -0.15) is 0 Å². The van der Waals surface area contributed by atoms with E-state index < -0.39 is 0 Å². The van der Waals surface area contributed by atoms with Gasteiger partial charge in [0.15, 0.2) is 5.78 Å². The molecule has 0 radical (unpaired) electrons. The van der Waals surface area contributed by atoms with E-state index in [0.717, 1.165) is 42.4 Å². The van der Waals surface area contributed by atoms with Gasteiger partial charge in [-0.1, -0.05) is 75.6 Å². The molecule has 0 aromatic heterocycles. The molecule has 0 aliphatic heterocycles. The van der Waals surface area contributed by atoms with Crippen molar-refractivity contribution in [3.8, 4) is 0 Å². The minimum Gasteiger partial charge on any atom is -0.384 e. The Labute approximate surface area is 177 Å². The van der Waals surface area contributed by atoms with Crippen molar-refractivity contribution in [2.75, 3.05) is 7.05 Å². The van der Waals surface area contributed by atoms with Crippen LogP contribution in [0, 0.1) is 18.8 Å². The number of aliphatic imine (C=N–C) groups is 1. The summed E-state index contributed by atoms with van der Waals surface area (Å²) in [5.74, 6) is 1.44. The smallest absolute Gasteiger partial charge is 0.165 e. The lowest BCUT2D eigenvalue weighted by atomic mass is 9.84. The summed E-state index contributed by atoms with van der Waals surface area (Å²) in [7, 11) is 1.68. The second-order valence-electron chi connectivity index (χ2n) is 7.78. The average molecular weight is 395 g/mol. The van der Waals surface area contributed by atoms with Crippen LogP contribution in [0.1, 0.15) is 74.4 Å². The van der Waals surface area contributed by atoms with Gasteiger partial charge in [0.25, 0.3) is 0 Å². The van der Waals surface area contributed by atoms with Crippen molar-refractivity contribution in [3.05, 3.63) is 70.8 Å². The number of carbonyl (C=O) groups excluding carboxylic acids is 1. The van der Waals surface area contributed by atoms with E-state index in [-0.39, 0.29) is 13.1 Å². The van der Waals surface area contributed by atoms with Crippen LogP contribution < -0.4 is 5.73 Å². The first-order valence-electron chi connectivity index (χ1n) is 11.0. The topological polar surface area (TPSA) is 55.4 Å². The van der Waals surface area contributed by atoms with Crippen LogP contribution in [0.3, 0.4) is 0 Å². The molecule has 0 bridgehead atoms. The lowest BCUT2D eigenvalue weighted by Gasteiger charge is -2.20. The molecule has 3 rings (SSSR count). The van der Waals surface area contributed by atoms with E-state index in [1.165, 1.54) is 18.4 Å². The number of rotatable bonds is 5. The number of nitrogens with zero attached hydrogens (tertiary/aromatic N) is 1. The average Bonchev–Trinajstić information content (AvgIpc) is 3.01. The predicted molar refractivity (Wildman–Crippen MR) is 126 cm³/mol. The number of Topliss-reactive ketones (excluding diaryl/α,β-unsaturated/α-hetero) is 1.